The Morgan fingerprint density at radius 1 is 1.15 bits per heavy atom. The summed E-state index contributed by atoms with van der Waals surface area (Å²) >= 11 is 3.25. The number of aryl methyl sites for hydroxylation is 1. The Labute approximate surface area is 168 Å². The van der Waals surface area contributed by atoms with Crippen LogP contribution in [0.2, 0.25) is 0 Å². The van der Waals surface area contributed by atoms with Crippen molar-refractivity contribution in [1.82, 2.24) is 9.55 Å². The average Bonchev–Trinajstić information content (AvgIpc) is 3.12. The van der Waals surface area contributed by atoms with Gasteiger partial charge in [-0.25, -0.2) is 4.98 Å². The van der Waals surface area contributed by atoms with Crippen LogP contribution in [0.5, 0.6) is 0 Å². The van der Waals surface area contributed by atoms with Crippen LogP contribution in [-0.4, -0.2) is 46.5 Å². The minimum absolute atomic E-state index is 0.0333. The number of quaternary nitrogens is 1. The molecule has 0 atom stereocenters. The van der Waals surface area contributed by atoms with E-state index in [0.717, 1.165) is 32.5 Å². The first-order chi connectivity index (χ1) is 13.1. The van der Waals surface area contributed by atoms with Crippen molar-refractivity contribution < 1.29 is 4.48 Å². The molecule has 3 heterocycles. The third-order valence-corrected chi connectivity index (χ3v) is 7.24. The Morgan fingerprint density at radius 2 is 1.89 bits per heavy atom. The lowest BCUT2D eigenvalue weighted by atomic mass is 10.1. The largest absolute Gasteiger partial charge is 0.325 e. The summed E-state index contributed by atoms with van der Waals surface area (Å²) in [6.45, 7) is 5.72. The molecule has 0 unspecified atom stereocenters. The number of thioether (sulfide) groups is 1. The maximum atomic E-state index is 13.1. The van der Waals surface area contributed by atoms with Gasteiger partial charge in [-0.2, -0.15) is 0 Å². The van der Waals surface area contributed by atoms with Crippen LogP contribution < -0.4 is 5.56 Å². The predicted octanol–water partition coefficient (Wildman–Crippen LogP) is 4.48. The zero-order chi connectivity index (χ0) is 18.9. The number of aromatic nitrogens is 2. The molecule has 0 bridgehead atoms. The summed E-state index contributed by atoms with van der Waals surface area (Å²) in [6.07, 6.45) is 4.02. The highest BCUT2D eigenvalue weighted by molar-refractivity contribution is 7.99. The van der Waals surface area contributed by atoms with E-state index in [1.807, 2.05) is 35.7 Å². The first-order valence-electron chi connectivity index (χ1n) is 9.59. The molecule has 0 N–H and O–H groups in total. The van der Waals surface area contributed by atoms with E-state index in [0.29, 0.717) is 5.39 Å². The molecule has 1 aliphatic heterocycles. The zero-order valence-electron chi connectivity index (χ0n) is 16.0. The highest BCUT2D eigenvalue weighted by Crippen LogP contribution is 2.25. The Hall–Kier alpha value is -1.63. The van der Waals surface area contributed by atoms with E-state index in [4.69, 9.17) is 4.98 Å². The van der Waals surface area contributed by atoms with E-state index >= 15 is 0 Å². The van der Waals surface area contributed by atoms with Gasteiger partial charge < -0.3 is 4.48 Å². The van der Waals surface area contributed by atoms with Gasteiger partial charge >= 0.3 is 0 Å². The molecule has 0 aliphatic carbocycles. The minimum atomic E-state index is 0.0333. The van der Waals surface area contributed by atoms with Gasteiger partial charge in [0, 0.05) is 0 Å². The van der Waals surface area contributed by atoms with Crippen LogP contribution in [0.1, 0.15) is 24.8 Å². The Morgan fingerprint density at radius 3 is 2.63 bits per heavy atom. The molecule has 142 valence electrons. The average molecular weight is 401 g/mol. The molecule has 1 fully saturated rings. The van der Waals surface area contributed by atoms with Crippen LogP contribution in [-0.2, 0) is 0 Å². The molecule has 4 nitrogen and oxygen atoms in total. The quantitative estimate of drug-likeness (QED) is 0.360. The number of hydrogen-bond acceptors (Lipinski definition) is 4. The van der Waals surface area contributed by atoms with Crippen molar-refractivity contribution in [3.63, 3.8) is 0 Å². The van der Waals surface area contributed by atoms with E-state index in [1.54, 1.807) is 27.7 Å². The van der Waals surface area contributed by atoms with Crippen LogP contribution in [0.15, 0.2) is 45.7 Å². The second-order valence-corrected chi connectivity index (χ2v) is 9.67. The molecule has 1 saturated heterocycles. The van der Waals surface area contributed by atoms with Crippen LogP contribution in [0.25, 0.3) is 15.9 Å². The Balaban J connectivity index is 1.65. The number of benzene rings is 1. The molecule has 0 radical (unpaired) electrons. The summed E-state index contributed by atoms with van der Waals surface area (Å²) < 4.78 is 2.93. The first-order valence-corrected chi connectivity index (χ1v) is 11.5. The minimum Gasteiger partial charge on any atom is -0.325 e. The number of hydrogen-bond donors (Lipinski definition) is 0. The van der Waals surface area contributed by atoms with Crippen molar-refractivity contribution in [2.45, 2.75) is 31.3 Å². The van der Waals surface area contributed by atoms with E-state index in [-0.39, 0.29) is 5.56 Å². The van der Waals surface area contributed by atoms with Crippen molar-refractivity contribution >= 4 is 33.3 Å². The summed E-state index contributed by atoms with van der Waals surface area (Å²) in [5, 5.41) is 3.47. The summed E-state index contributed by atoms with van der Waals surface area (Å²) in [5.74, 6) is 0.978. The van der Waals surface area contributed by atoms with Crippen molar-refractivity contribution in [2.75, 3.05) is 32.4 Å². The monoisotopic (exact) mass is 400 g/mol. The number of fused-ring (bicyclic) bond motifs is 1. The molecular weight excluding hydrogens is 374 g/mol. The summed E-state index contributed by atoms with van der Waals surface area (Å²) in [7, 11) is 2.36. The molecule has 0 saturated carbocycles. The van der Waals surface area contributed by atoms with Crippen molar-refractivity contribution in [2.24, 2.45) is 0 Å². The van der Waals surface area contributed by atoms with Crippen molar-refractivity contribution in [1.29, 1.82) is 0 Å². The van der Waals surface area contributed by atoms with Gasteiger partial charge in [0.15, 0.2) is 5.16 Å². The van der Waals surface area contributed by atoms with E-state index in [9.17, 15) is 4.79 Å². The third-order valence-electron chi connectivity index (χ3n) is 5.52. The normalized spacial score (nSPS) is 16.7. The van der Waals surface area contributed by atoms with Crippen LogP contribution in [0, 0.1) is 6.92 Å². The molecule has 6 heteroatoms. The summed E-state index contributed by atoms with van der Waals surface area (Å²) in [4.78, 5) is 18.8. The van der Waals surface area contributed by atoms with E-state index < -0.39 is 0 Å². The van der Waals surface area contributed by atoms with E-state index in [2.05, 4.69) is 14.0 Å². The molecule has 0 amide bonds. The number of rotatable bonds is 5. The summed E-state index contributed by atoms with van der Waals surface area (Å²) in [5.41, 5.74) is 2.12. The molecule has 27 heavy (non-hydrogen) atoms. The fourth-order valence-electron chi connectivity index (χ4n) is 3.77. The van der Waals surface area contributed by atoms with Gasteiger partial charge in [-0.3, -0.25) is 9.36 Å². The molecule has 0 spiro atoms. The second kappa shape index (κ2) is 7.78. The van der Waals surface area contributed by atoms with Gasteiger partial charge in [0.2, 0.25) is 0 Å². The van der Waals surface area contributed by atoms with Crippen LogP contribution in [0.3, 0.4) is 0 Å². The Kier molecular flexibility index (Phi) is 5.39. The van der Waals surface area contributed by atoms with E-state index in [1.165, 1.54) is 37.9 Å². The number of likely N-dealkylation sites (tertiary alicyclic amines) is 1. The summed E-state index contributed by atoms with van der Waals surface area (Å²) in [6, 6.07) is 10.0. The maximum absolute atomic E-state index is 13.1. The molecule has 4 rings (SSSR count). The van der Waals surface area contributed by atoms with Crippen LogP contribution >= 0.6 is 23.1 Å². The highest BCUT2D eigenvalue weighted by atomic mass is 32.2. The molecule has 1 aliphatic rings. The van der Waals surface area contributed by atoms with Gasteiger partial charge in [-0.05, 0) is 49.8 Å². The number of nitrogens with zero attached hydrogens (tertiary/aromatic N) is 3. The first kappa shape index (κ1) is 18.7. The fraction of sp³-hybridized carbons (Fsp3) is 0.429. The number of thiophene rings is 1. The lowest BCUT2D eigenvalue weighted by molar-refractivity contribution is -0.911. The standard InChI is InChI=1S/C21H26N3OS2/c1-16-6-8-17(9-7-16)23-20(25)18-10-14-26-19(18)22-21(23)27-15-13-24(2)11-4-3-5-12-24/h6-10,14H,3-5,11-13,15H2,1-2H3/q+1. The molecule has 3 aromatic rings. The Bertz CT molecular complexity index is 985. The van der Waals surface area contributed by atoms with Crippen molar-refractivity contribution in [3.8, 4) is 5.69 Å². The maximum Gasteiger partial charge on any atom is 0.267 e. The predicted molar refractivity (Wildman–Crippen MR) is 115 cm³/mol. The number of piperidine rings is 1. The van der Waals surface area contributed by atoms with Gasteiger partial charge in [-0.15, -0.1) is 11.3 Å². The highest BCUT2D eigenvalue weighted by Gasteiger charge is 2.24. The lowest BCUT2D eigenvalue weighted by Gasteiger charge is -2.37. The van der Waals surface area contributed by atoms with Crippen molar-refractivity contribution in [3.05, 3.63) is 51.6 Å². The fourth-order valence-corrected chi connectivity index (χ4v) is 5.77. The molecule has 1 aromatic carbocycles. The topological polar surface area (TPSA) is 34.9 Å². The smallest absolute Gasteiger partial charge is 0.267 e. The lowest BCUT2D eigenvalue weighted by Crippen LogP contribution is -2.49. The van der Waals surface area contributed by atoms with Gasteiger partial charge in [0.25, 0.3) is 5.56 Å². The van der Waals surface area contributed by atoms with Crippen LogP contribution in [0.4, 0.5) is 0 Å². The second-order valence-electron chi connectivity index (χ2n) is 7.71. The zero-order valence-corrected chi connectivity index (χ0v) is 17.6. The van der Waals surface area contributed by atoms with Gasteiger partial charge in [0.05, 0.1) is 43.5 Å². The van der Waals surface area contributed by atoms with Gasteiger partial charge in [-0.1, -0.05) is 29.5 Å². The molecular formula is C21H26N3OS2+. The molecule has 2 aromatic heterocycles. The SMILES string of the molecule is Cc1ccc(-n2c(SCC[N+]3(C)CCCCC3)nc3sccc3c2=O)cc1. The third kappa shape index (κ3) is 3.98. The van der Waals surface area contributed by atoms with Gasteiger partial charge in [0.1, 0.15) is 4.83 Å².